The molecule has 0 spiro atoms. The van der Waals surface area contributed by atoms with Gasteiger partial charge in [-0.25, -0.2) is 9.59 Å². The van der Waals surface area contributed by atoms with Crippen molar-refractivity contribution in [1.82, 2.24) is 9.55 Å². The molecule has 0 aliphatic carbocycles. The van der Waals surface area contributed by atoms with Crippen molar-refractivity contribution in [3.05, 3.63) is 129 Å². The van der Waals surface area contributed by atoms with Gasteiger partial charge in [-0.05, 0) is 41.0 Å². The van der Waals surface area contributed by atoms with E-state index < -0.39 is 72.1 Å². The molecule has 0 saturated carbocycles. The number of carboxylic acids is 2. The monoisotopic (exact) mass is 692 g/mol. The van der Waals surface area contributed by atoms with Gasteiger partial charge in [0.2, 0.25) is 5.79 Å². The van der Waals surface area contributed by atoms with Crippen molar-refractivity contribution < 1.29 is 53.3 Å². The first kappa shape index (κ1) is 36.0. The van der Waals surface area contributed by atoms with E-state index >= 15 is 0 Å². The molecule has 5 rings (SSSR count). The van der Waals surface area contributed by atoms with Crippen LogP contribution in [0.2, 0.25) is 0 Å². The number of nitrogens with one attached hydrogen (secondary N) is 1. The standard InChI is InChI=1S/C35H36N2O13/c1-45-24-13-9-22(10-14-24)34(21-7-5-4-6-8-21,23-11-15-25(46-2)16-12-23)48-20-27-30(49-26(31(41)42)19-29(39)40)35(44,47-3)32(50-27)37-18-17-28(38)36-33(37)43/h4-18,26-27,30,32,44H,19-20H2,1-3H3,(H,39,40)(H,41,42)(H,36,38,43)/t26?,27-,30-,32-,35+/m1/s1. The molecule has 264 valence electrons. The summed E-state index contributed by atoms with van der Waals surface area (Å²) in [5, 5.41) is 31.2. The Morgan fingerprint density at radius 3 is 1.92 bits per heavy atom. The van der Waals surface area contributed by atoms with Gasteiger partial charge >= 0.3 is 17.6 Å². The lowest BCUT2D eigenvalue weighted by Gasteiger charge is -2.38. The Hall–Kier alpha value is -5.32. The van der Waals surface area contributed by atoms with E-state index in [4.69, 9.17) is 28.4 Å². The maximum Gasteiger partial charge on any atom is 0.333 e. The third-order valence-electron chi connectivity index (χ3n) is 8.42. The Morgan fingerprint density at radius 1 is 0.880 bits per heavy atom. The zero-order chi connectivity index (χ0) is 36.1. The topological polar surface area (TPSA) is 205 Å². The smallest absolute Gasteiger partial charge is 0.333 e. The van der Waals surface area contributed by atoms with Gasteiger partial charge in [0.1, 0.15) is 29.3 Å². The minimum absolute atomic E-state index is 0.447. The molecule has 3 aromatic carbocycles. The van der Waals surface area contributed by atoms with E-state index in [0.717, 1.165) is 23.9 Å². The average molecular weight is 693 g/mol. The van der Waals surface area contributed by atoms with Crippen LogP contribution in [-0.4, -0.2) is 88.8 Å². The number of rotatable bonds is 15. The molecule has 0 amide bonds. The quantitative estimate of drug-likeness (QED) is 0.104. The van der Waals surface area contributed by atoms with Crippen molar-refractivity contribution in [2.45, 2.75) is 42.3 Å². The van der Waals surface area contributed by atoms with Crippen molar-refractivity contribution in [1.29, 1.82) is 0 Å². The lowest BCUT2D eigenvalue weighted by atomic mass is 9.80. The number of hydrogen-bond acceptors (Lipinski definition) is 11. The van der Waals surface area contributed by atoms with E-state index in [-0.39, 0.29) is 0 Å². The highest BCUT2D eigenvalue weighted by Crippen LogP contribution is 2.45. The zero-order valence-electron chi connectivity index (χ0n) is 27.3. The molecule has 15 nitrogen and oxygen atoms in total. The predicted octanol–water partition coefficient (Wildman–Crippen LogP) is 2.11. The molecular formula is C35H36N2O13. The number of aliphatic hydroxyl groups is 1. The highest BCUT2D eigenvalue weighted by molar-refractivity contribution is 5.79. The van der Waals surface area contributed by atoms with Crippen LogP contribution in [0, 0.1) is 0 Å². The van der Waals surface area contributed by atoms with Gasteiger partial charge in [0.25, 0.3) is 5.56 Å². The third-order valence-corrected chi connectivity index (χ3v) is 8.42. The second-order valence-corrected chi connectivity index (χ2v) is 11.3. The first-order valence-electron chi connectivity index (χ1n) is 15.3. The van der Waals surface area contributed by atoms with Gasteiger partial charge in [0.05, 0.1) is 27.2 Å². The normalized spacial score (nSPS) is 21.0. The molecule has 4 N–H and O–H groups in total. The molecular weight excluding hydrogens is 656 g/mol. The summed E-state index contributed by atoms with van der Waals surface area (Å²) in [7, 11) is 4.14. The number of carbonyl (C=O) groups is 2. The molecule has 1 aliphatic heterocycles. The number of ether oxygens (including phenoxy) is 6. The maximum absolute atomic E-state index is 12.9. The molecule has 1 aliphatic rings. The van der Waals surface area contributed by atoms with E-state index in [9.17, 15) is 34.5 Å². The Morgan fingerprint density at radius 2 is 1.44 bits per heavy atom. The van der Waals surface area contributed by atoms with Crippen LogP contribution in [0.1, 0.15) is 29.3 Å². The van der Waals surface area contributed by atoms with Crippen LogP contribution in [0.5, 0.6) is 11.5 Å². The number of aromatic amines is 1. The van der Waals surface area contributed by atoms with Crippen LogP contribution in [0.3, 0.4) is 0 Å². The number of H-pyrrole nitrogens is 1. The first-order valence-corrected chi connectivity index (χ1v) is 15.3. The summed E-state index contributed by atoms with van der Waals surface area (Å²) in [4.78, 5) is 50.6. The van der Waals surface area contributed by atoms with Gasteiger partial charge in [-0.2, -0.15) is 0 Å². The maximum atomic E-state index is 12.9. The highest BCUT2D eigenvalue weighted by Gasteiger charge is 2.60. The summed E-state index contributed by atoms with van der Waals surface area (Å²) in [5.41, 5.74) is -1.18. The fourth-order valence-corrected chi connectivity index (χ4v) is 5.96. The molecule has 1 fully saturated rings. The van der Waals surface area contributed by atoms with Crippen LogP contribution < -0.4 is 20.7 Å². The molecule has 4 aromatic rings. The predicted molar refractivity (Wildman–Crippen MR) is 174 cm³/mol. The summed E-state index contributed by atoms with van der Waals surface area (Å²) in [6.07, 6.45) is -6.77. The van der Waals surface area contributed by atoms with Gasteiger partial charge in [-0.3, -0.25) is 19.1 Å². The Balaban J connectivity index is 1.66. The number of carboxylic acid groups (broad SMARTS) is 2. The minimum atomic E-state index is -2.60. The van der Waals surface area contributed by atoms with E-state index in [1.54, 1.807) is 48.5 Å². The molecule has 2 heterocycles. The Bertz CT molecular complexity index is 1850. The molecule has 0 bridgehead atoms. The highest BCUT2D eigenvalue weighted by atomic mass is 16.7. The lowest BCUT2D eigenvalue weighted by molar-refractivity contribution is -0.278. The van der Waals surface area contributed by atoms with Crippen molar-refractivity contribution in [2.24, 2.45) is 0 Å². The van der Waals surface area contributed by atoms with Crippen LogP contribution in [0.15, 0.2) is 101 Å². The third kappa shape index (κ3) is 7.03. The van der Waals surface area contributed by atoms with Gasteiger partial charge in [0.15, 0.2) is 12.3 Å². The van der Waals surface area contributed by atoms with E-state index in [1.165, 1.54) is 14.2 Å². The summed E-state index contributed by atoms with van der Waals surface area (Å²) in [6, 6.07) is 24.4. The summed E-state index contributed by atoms with van der Waals surface area (Å²) in [5.74, 6) is -4.56. The van der Waals surface area contributed by atoms with Crippen molar-refractivity contribution in [2.75, 3.05) is 27.9 Å². The number of nitrogens with zero attached hydrogens (tertiary/aromatic N) is 1. The van der Waals surface area contributed by atoms with Gasteiger partial charge in [0, 0.05) is 19.4 Å². The molecule has 1 saturated heterocycles. The number of hydrogen-bond donors (Lipinski definition) is 4. The van der Waals surface area contributed by atoms with Gasteiger partial charge in [-0.15, -0.1) is 0 Å². The second-order valence-electron chi connectivity index (χ2n) is 11.3. The zero-order valence-corrected chi connectivity index (χ0v) is 27.3. The van der Waals surface area contributed by atoms with E-state index in [1.807, 2.05) is 30.3 Å². The van der Waals surface area contributed by atoms with E-state index in [0.29, 0.717) is 28.2 Å². The molecule has 1 unspecified atom stereocenters. The molecule has 15 heteroatoms. The fourth-order valence-electron chi connectivity index (χ4n) is 5.96. The number of aromatic nitrogens is 2. The second kappa shape index (κ2) is 15.1. The van der Waals surface area contributed by atoms with Crippen molar-refractivity contribution in [3.63, 3.8) is 0 Å². The largest absolute Gasteiger partial charge is 0.497 e. The summed E-state index contributed by atoms with van der Waals surface area (Å²) < 4.78 is 35.9. The molecule has 1 aromatic heterocycles. The van der Waals surface area contributed by atoms with Crippen LogP contribution >= 0.6 is 0 Å². The van der Waals surface area contributed by atoms with E-state index in [2.05, 4.69) is 4.98 Å². The number of aliphatic carboxylic acids is 2. The Labute approximate surface area is 285 Å². The molecule has 0 radical (unpaired) electrons. The van der Waals surface area contributed by atoms with Crippen LogP contribution in [0.4, 0.5) is 0 Å². The first-order chi connectivity index (χ1) is 24.0. The minimum Gasteiger partial charge on any atom is -0.497 e. The summed E-state index contributed by atoms with van der Waals surface area (Å²) >= 11 is 0. The van der Waals surface area contributed by atoms with Crippen LogP contribution in [0.25, 0.3) is 0 Å². The van der Waals surface area contributed by atoms with Crippen molar-refractivity contribution in [3.8, 4) is 11.5 Å². The lowest BCUT2D eigenvalue weighted by Crippen LogP contribution is -2.54. The van der Waals surface area contributed by atoms with Crippen molar-refractivity contribution >= 4 is 11.9 Å². The van der Waals surface area contributed by atoms with Gasteiger partial charge in [-0.1, -0.05) is 54.6 Å². The number of methoxy groups -OCH3 is 3. The Kier molecular flexibility index (Phi) is 10.8. The van der Waals surface area contributed by atoms with Gasteiger partial charge < -0.3 is 43.7 Å². The number of benzene rings is 3. The summed E-state index contributed by atoms with van der Waals surface area (Å²) in [6.45, 7) is -0.447. The molecule has 5 atom stereocenters. The van der Waals surface area contributed by atoms with Crippen LogP contribution in [-0.2, 0) is 34.1 Å². The SMILES string of the molecule is COc1ccc(C(OC[C@H]2O[C@@H](n3ccc(=O)[nH]c3=O)[C@@](O)(OC)[C@@H]2OC(CC(=O)O)C(=O)O)(c2ccccc2)c2ccc(OC)cc2)cc1. The average Bonchev–Trinajstić information content (AvgIpc) is 3.39. The fraction of sp³-hybridized carbons (Fsp3) is 0.314. The molecule has 50 heavy (non-hydrogen) atoms.